The molecule has 0 saturated carbocycles. The van der Waals surface area contributed by atoms with Crippen LogP contribution in [0.1, 0.15) is 13.3 Å². The molecule has 7 heavy (non-hydrogen) atoms. The van der Waals surface area contributed by atoms with Crippen LogP contribution in [0.25, 0.3) is 0 Å². The molecule has 0 unspecified atom stereocenters. The van der Waals surface area contributed by atoms with E-state index in [4.69, 9.17) is 0 Å². The maximum absolute atomic E-state index is 2.25. The maximum atomic E-state index is 2.25. The van der Waals surface area contributed by atoms with Gasteiger partial charge in [-0.1, -0.05) is 0 Å². The summed E-state index contributed by atoms with van der Waals surface area (Å²) < 4.78 is 1.70. The van der Waals surface area contributed by atoms with Crippen LogP contribution in [0.2, 0.25) is 0 Å². The average molecular weight is 118 g/mol. The summed E-state index contributed by atoms with van der Waals surface area (Å²) in [6.45, 7) is 2.20. The van der Waals surface area contributed by atoms with Crippen molar-refractivity contribution in [3.8, 4) is 0 Å². The van der Waals surface area contributed by atoms with Gasteiger partial charge in [0.15, 0.2) is 0 Å². The third kappa shape index (κ3) is 1.51. The Morgan fingerprint density at radius 3 is 2.57 bits per heavy atom. The summed E-state index contributed by atoms with van der Waals surface area (Å²) in [6.07, 6.45) is 5.72. The SMILES string of the molecule is CC1=[C]([K])CC=C1. The van der Waals surface area contributed by atoms with E-state index in [1.54, 1.807) is -0.332 Å². The Morgan fingerprint density at radius 1 is 1.71 bits per heavy atom. The summed E-state index contributed by atoms with van der Waals surface area (Å²) in [6, 6.07) is 0. The first-order valence-electron chi connectivity index (χ1n) is 2.63. The van der Waals surface area contributed by atoms with Gasteiger partial charge in [-0.2, -0.15) is 0 Å². The zero-order valence-electron chi connectivity index (χ0n) is 4.86. The van der Waals surface area contributed by atoms with Crippen molar-refractivity contribution in [3.05, 3.63) is 17.4 Å². The van der Waals surface area contributed by atoms with E-state index in [1.807, 2.05) is 0 Å². The predicted molar refractivity (Wildman–Crippen MR) is 32.2 cm³/mol. The first-order chi connectivity index (χ1) is 3.30. The molecule has 1 aliphatic rings. The Bertz CT molecular complexity index is 131. The van der Waals surface area contributed by atoms with Crippen molar-refractivity contribution in [3.63, 3.8) is 0 Å². The molecule has 32 valence electrons. The summed E-state index contributed by atoms with van der Waals surface area (Å²) >= 11 is 0.931. The van der Waals surface area contributed by atoms with E-state index in [9.17, 15) is 0 Å². The van der Waals surface area contributed by atoms with Gasteiger partial charge in [0.25, 0.3) is 0 Å². The predicted octanol–water partition coefficient (Wildman–Crippen LogP) is 1.39. The van der Waals surface area contributed by atoms with Gasteiger partial charge in [-0.05, 0) is 0 Å². The molecule has 0 aromatic carbocycles. The molecule has 0 amide bonds. The molecule has 0 atom stereocenters. The molecule has 0 radical (unpaired) electrons. The second-order valence-electron chi connectivity index (χ2n) is 2.07. The molecule has 1 heteroatoms. The van der Waals surface area contributed by atoms with Crippen LogP contribution in [0.15, 0.2) is 17.4 Å². The molecule has 0 heterocycles. The Kier molecular flexibility index (Phi) is 2.32. The van der Waals surface area contributed by atoms with Gasteiger partial charge in [-0.25, -0.2) is 0 Å². The van der Waals surface area contributed by atoms with Crippen LogP contribution in [-0.4, -0.2) is 49.0 Å². The average Bonchev–Trinajstić information content (AvgIpc) is 1.91. The Labute approximate surface area is 78.3 Å². The number of hydrogen-bond donors (Lipinski definition) is 0. The van der Waals surface area contributed by atoms with Crippen LogP contribution in [0.3, 0.4) is 0 Å². The fourth-order valence-corrected chi connectivity index (χ4v) is 1.34. The quantitative estimate of drug-likeness (QED) is 0.422. The van der Waals surface area contributed by atoms with Crippen molar-refractivity contribution in [2.24, 2.45) is 0 Å². The summed E-state index contributed by atoms with van der Waals surface area (Å²) in [4.78, 5) is 0. The van der Waals surface area contributed by atoms with E-state index in [-0.39, 0.29) is 0 Å². The van der Waals surface area contributed by atoms with E-state index < -0.39 is 0 Å². The van der Waals surface area contributed by atoms with Crippen molar-refractivity contribution in [1.29, 1.82) is 0 Å². The molecule has 0 saturated heterocycles. The monoisotopic (exact) mass is 118 g/mol. The van der Waals surface area contributed by atoms with Crippen LogP contribution in [0.5, 0.6) is 0 Å². The molecule has 0 spiro atoms. The van der Waals surface area contributed by atoms with Gasteiger partial charge in [0.05, 0.1) is 0 Å². The van der Waals surface area contributed by atoms with Crippen molar-refractivity contribution in [2.75, 3.05) is 0 Å². The van der Waals surface area contributed by atoms with Crippen LogP contribution < -0.4 is 0 Å². The van der Waals surface area contributed by atoms with Gasteiger partial charge < -0.3 is 0 Å². The second-order valence-corrected chi connectivity index (χ2v) is 3.95. The normalized spacial score (nSPS) is 19.3. The standard InChI is InChI=1S/C6H7.K/c1-6-4-2-3-5-6;/h2,4H,3H2,1H3;. The van der Waals surface area contributed by atoms with Crippen LogP contribution in [0.4, 0.5) is 0 Å². The molecular weight excluding hydrogens is 111 g/mol. The fraction of sp³-hybridized carbons (Fsp3) is 0.333. The molecule has 1 aliphatic carbocycles. The summed E-state index contributed by atoms with van der Waals surface area (Å²) in [7, 11) is 0. The summed E-state index contributed by atoms with van der Waals surface area (Å²) in [5.41, 5.74) is 1.53. The Balaban J connectivity index is 2.79. The van der Waals surface area contributed by atoms with Crippen LogP contribution >= 0.6 is 0 Å². The Morgan fingerprint density at radius 2 is 2.43 bits per heavy atom. The van der Waals surface area contributed by atoms with Crippen molar-refractivity contribution in [2.45, 2.75) is 13.3 Å². The summed E-state index contributed by atoms with van der Waals surface area (Å²) in [5, 5.41) is 0. The number of rotatable bonds is 0. The third-order valence-corrected chi connectivity index (χ3v) is 3.33. The van der Waals surface area contributed by atoms with Gasteiger partial charge in [0, 0.05) is 0 Å². The van der Waals surface area contributed by atoms with E-state index >= 15 is 0 Å². The minimum atomic E-state index is 0.931. The van der Waals surface area contributed by atoms with Crippen molar-refractivity contribution < 1.29 is 0 Å². The fourth-order valence-electron chi connectivity index (χ4n) is 0.716. The van der Waals surface area contributed by atoms with Gasteiger partial charge in [-0.3, -0.25) is 0 Å². The van der Waals surface area contributed by atoms with E-state index in [2.05, 4.69) is 19.1 Å². The van der Waals surface area contributed by atoms with E-state index in [0.29, 0.717) is 0 Å². The second kappa shape index (κ2) is 2.60. The van der Waals surface area contributed by atoms with E-state index in [1.165, 1.54) is 12.0 Å². The topological polar surface area (TPSA) is 0 Å². The molecule has 0 aromatic rings. The molecule has 0 fully saturated rings. The molecule has 0 nitrogen and oxygen atoms in total. The van der Waals surface area contributed by atoms with Gasteiger partial charge in [-0.15, -0.1) is 0 Å². The number of hydrogen-bond acceptors (Lipinski definition) is 0. The van der Waals surface area contributed by atoms with Gasteiger partial charge in [0.2, 0.25) is 0 Å². The van der Waals surface area contributed by atoms with Crippen molar-refractivity contribution >= 4 is 49.0 Å². The third-order valence-electron chi connectivity index (χ3n) is 1.47. The van der Waals surface area contributed by atoms with Gasteiger partial charge >= 0.3 is 79.7 Å². The number of allylic oxidation sites excluding steroid dienone is 4. The summed E-state index contributed by atoms with van der Waals surface area (Å²) in [5.74, 6) is 0. The van der Waals surface area contributed by atoms with Gasteiger partial charge in [0.1, 0.15) is 0 Å². The molecular formula is C6H7K. The van der Waals surface area contributed by atoms with Crippen LogP contribution in [-0.2, 0) is 0 Å². The van der Waals surface area contributed by atoms with Crippen LogP contribution in [0, 0.1) is 0 Å². The minimum absolute atomic E-state index is 0.931. The zero-order valence-corrected chi connectivity index (χ0v) is 7.98. The Hall–Kier alpha value is 1.12. The zero-order chi connectivity index (χ0) is 5.28. The molecule has 0 N–H and O–H groups in total. The molecule has 0 aliphatic heterocycles. The molecule has 1 rings (SSSR count). The first kappa shape index (κ1) is 6.24. The van der Waals surface area contributed by atoms with Crippen molar-refractivity contribution in [1.82, 2.24) is 0 Å². The first-order valence-corrected chi connectivity index (χ1v) is 4.20. The molecule has 0 aromatic heterocycles. The van der Waals surface area contributed by atoms with E-state index in [0.717, 1.165) is 49.0 Å². The molecule has 0 bridgehead atoms.